The Bertz CT molecular complexity index is 798. The summed E-state index contributed by atoms with van der Waals surface area (Å²) in [6, 6.07) is 17.0. The van der Waals surface area contributed by atoms with Gasteiger partial charge in [0.15, 0.2) is 0 Å². The molecule has 0 aromatic heterocycles. The van der Waals surface area contributed by atoms with Crippen LogP contribution in [0.15, 0.2) is 48.5 Å². The second-order valence-electron chi connectivity index (χ2n) is 4.83. The van der Waals surface area contributed by atoms with Gasteiger partial charge in [-0.25, -0.2) is 8.42 Å². The summed E-state index contributed by atoms with van der Waals surface area (Å²) in [5, 5.41) is 0. The summed E-state index contributed by atoms with van der Waals surface area (Å²) in [5.41, 5.74) is 2.29. The van der Waals surface area contributed by atoms with Crippen LogP contribution in [-0.2, 0) is 10.0 Å². The molecule has 0 saturated heterocycles. The second kappa shape index (κ2) is 6.54. The lowest BCUT2D eigenvalue weighted by Crippen LogP contribution is -2.24. The van der Waals surface area contributed by atoms with Gasteiger partial charge < -0.3 is 4.74 Å². The summed E-state index contributed by atoms with van der Waals surface area (Å²) < 4.78 is 30.0. The Kier molecular flexibility index (Phi) is 4.74. The Morgan fingerprint density at radius 1 is 1.00 bits per heavy atom. The summed E-state index contributed by atoms with van der Waals surface area (Å²) >= 11 is 0. The van der Waals surface area contributed by atoms with Crippen LogP contribution in [0, 0.1) is 18.9 Å². The maximum absolute atomic E-state index is 11.9. The number of sulfonamides is 1. The molecule has 0 bridgehead atoms. The average Bonchev–Trinajstić information content (AvgIpc) is 2.48. The van der Waals surface area contributed by atoms with Gasteiger partial charge in [0.05, 0.1) is 19.1 Å². The molecule has 0 fully saturated rings. The van der Waals surface area contributed by atoms with Crippen molar-refractivity contribution in [3.63, 3.8) is 0 Å². The van der Waals surface area contributed by atoms with Gasteiger partial charge in [0.2, 0.25) is 10.0 Å². The van der Waals surface area contributed by atoms with Gasteiger partial charge in [0, 0.05) is 11.6 Å². The highest BCUT2D eigenvalue weighted by Crippen LogP contribution is 2.17. The van der Waals surface area contributed by atoms with Gasteiger partial charge in [-0.2, -0.15) is 4.31 Å². The predicted molar refractivity (Wildman–Crippen MR) is 88.4 cm³/mol. The SMILES string of the molecule is COc1ccc(C#CN(c2ccc(C)cc2)S(C)(=O)=O)cc1. The minimum absolute atomic E-state index is 0.522. The molecule has 0 spiro atoms. The van der Waals surface area contributed by atoms with Crippen molar-refractivity contribution in [2.45, 2.75) is 6.92 Å². The van der Waals surface area contributed by atoms with Crippen molar-refractivity contribution in [2.24, 2.45) is 0 Å². The second-order valence-corrected chi connectivity index (χ2v) is 6.66. The molecule has 114 valence electrons. The quantitative estimate of drug-likeness (QED) is 0.646. The van der Waals surface area contributed by atoms with Gasteiger partial charge >= 0.3 is 0 Å². The van der Waals surface area contributed by atoms with Crippen molar-refractivity contribution in [2.75, 3.05) is 17.7 Å². The zero-order chi connectivity index (χ0) is 16.2. The summed E-state index contributed by atoms with van der Waals surface area (Å²) in [6.45, 7) is 1.94. The van der Waals surface area contributed by atoms with Gasteiger partial charge in [-0.3, -0.25) is 0 Å². The van der Waals surface area contributed by atoms with E-state index in [1.807, 2.05) is 19.1 Å². The van der Waals surface area contributed by atoms with Crippen molar-refractivity contribution < 1.29 is 13.2 Å². The lowest BCUT2D eigenvalue weighted by molar-refractivity contribution is 0.415. The number of ether oxygens (including phenoxy) is 1. The minimum atomic E-state index is -3.48. The number of nitrogens with zero attached hydrogens (tertiary/aromatic N) is 1. The molecule has 2 rings (SSSR count). The van der Waals surface area contributed by atoms with E-state index in [0.29, 0.717) is 11.3 Å². The number of methoxy groups -OCH3 is 1. The normalized spacial score (nSPS) is 10.5. The van der Waals surface area contributed by atoms with Crippen LogP contribution in [0.4, 0.5) is 5.69 Å². The number of hydrogen-bond donors (Lipinski definition) is 0. The zero-order valence-electron chi connectivity index (χ0n) is 12.7. The zero-order valence-corrected chi connectivity index (χ0v) is 13.5. The number of aryl methyl sites for hydroxylation is 1. The Morgan fingerprint density at radius 3 is 2.09 bits per heavy atom. The predicted octanol–water partition coefficient (Wildman–Crippen LogP) is 2.78. The first-order valence-electron chi connectivity index (χ1n) is 6.63. The minimum Gasteiger partial charge on any atom is -0.497 e. The first-order chi connectivity index (χ1) is 10.4. The fourth-order valence-electron chi connectivity index (χ4n) is 1.81. The van der Waals surface area contributed by atoms with Crippen molar-refractivity contribution in [3.05, 3.63) is 59.7 Å². The molecule has 0 amide bonds. The Hall–Kier alpha value is -2.45. The molecule has 2 aromatic rings. The molecule has 4 nitrogen and oxygen atoms in total. The van der Waals surface area contributed by atoms with E-state index in [-0.39, 0.29) is 0 Å². The molecule has 0 N–H and O–H groups in total. The van der Waals surface area contributed by atoms with Crippen LogP contribution >= 0.6 is 0 Å². The van der Waals surface area contributed by atoms with Crippen LogP contribution < -0.4 is 9.04 Å². The van der Waals surface area contributed by atoms with Crippen LogP contribution in [0.1, 0.15) is 11.1 Å². The summed E-state index contributed by atoms with van der Waals surface area (Å²) in [7, 11) is -1.89. The Morgan fingerprint density at radius 2 is 1.59 bits per heavy atom. The molecule has 0 atom stereocenters. The van der Waals surface area contributed by atoms with Gasteiger partial charge in [-0.1, -0.05) is 17.7 Å². The van der Waals surface area contributed by atoms with E-state index in [1.54, 1.807) is 43.5 Å². The van der Waals surface area contributed by atoms with E-state index < -0.39 is 10.0 Å². The lowest BCUT2D eigenvalue weighted by atomic mass is 10.2. The van der Waals surface area contributed by atoms with E-state index in [0.717, 1.165) is 21.9 Å². The molecule has 0 unspecified atom stereocenters. The molecule has 0 aliphatic rings. The van der Waals surface area contributed by atoms with Gasteiger partial charge in [-0.05, 0) is 49.2 Å². The van der Waals surface area contributed by atoms with Crippen LogP contribution in [0.5, 0.6) is 5.75 Å². The highest BCUT2D eigenvalue weighted by Gasteiger charge is 2.14. The van der Waals surface area contributed by atoms with E-state index in [1.165, 1.54) is 0 Å². The fourth-order valence-corrected chi connectivity index (χ4v) is 2.52. The number of benzene rings is 2. The molecule has 0 saturated carbocycles. The molecular formula is C17H17NO3S. The first kappa shape index (κ1) is 15.9. The first-order valence-corrected chi connectivity index (χ1v) is 8.47. The van der Waals surface area contributed by atoms with Gasteiger partial charge in [0.25, 0.3) is 0 Å². The molecule has 0 radical (unpaired) electrons. The number of hydrogen-bond acceptors (Lipinski definition) is 3. The number of rotatable bonds is 3. The van der Waals surface area contributed by atoms with E-state index in [4.69, 9.17) is 4.74 Å². The fraction of sp³-hybridized carbons (Fsp3) is 0.176. The third kappa shape index (κ3) is 4.03. The van der Waals surface area contributed by atoms with Crippen LogP contribution in [0.25, 0.3) is 0 Å². The molecule has 5 heteroatoms. The monoisotopic (exact) mass is 315 g/mol. The molecular weight excluding hydrogens is 298 g/mol. The van der Waals surface area contributed by atoms with Crippen LogP contribution in [0.2, 0.25) is 0 Å². The smallest absolute Gasteiger partial charge is 0.243 e. The van der Waals surface area contributed by atoms with Gasteiger partial charge in [-0.15, -0.1) is 0 Å². The highest BCUT2D eigenvalue weighted by molar-refractivity contribution is 7.92. The Balaban J connectivity index is 2.36. The van der Waals surface area contributed by atoms with Crippen molar-refractivity contribution in [1.29, 1.82) is 0 Å². The van der Waals surface area contributed by atoms with Crippen LogP contribution in [-0.4, -0.2) is 21.8 Å². The third-order valence-electron chi connectivity index (χ3n) is 2.99. The van der Waals surface area contributed by atoms with Crippen molar-refractivity contribution in [1.82, 2.24) is 0 Å². The largest absolute Gasteiger partial charge is 0.497 e. The van der Waals surface area contributed by atoms with E-state index in [2.05, 4.69) is 12.0 Å². The topological polar surface area (TPSA) is 46.6 Å². The number of anilines is 1. The van der Waals surface area contributed by atoms with Crippen molar-refractivity contribution in [3.8, 4) is 17.7 Å². The molecule has 0 aliphatic heterocycles. The highest BCUT2D eigenvalue weighted by atomic mass is 32.2. The molecule has 2 aromatic carbocycles. The Labute approximate surface area is 131 Å². The maximum Gasteiger partial charge on any atom is 0.243 e. The van der Waals surface area contributed by atoms with Gasteiger partial charge in [0.1, 0.15) is 5.75 Å². The molecule has 0 heterocycles. The lowest BCUT2D eigenvalue weighted by Gasteiger charge is -2.15. The summed E-state index contributed by atoms with van der Waals surface area (Å²) in [5.74, 6) is 3.58. The van der Waals surface area contributed by atoms with E-state index in [9.17, 15) is 8.42 Å². The van der Waals surface area contributed by atoms with E-state index >= 15 is 0 Å². The maximum atomic E-state index is 11.9. The molecule has 22 heavy (non-hydrogen) atoms. The summed E-state index contributed by atoms with van der Waals surface area (Å²) in [6.07, 6.45) is 1.13. The molecule has 0 aliphatic carbocycles. The standard InChI is InChI=1S/C17H17NO3S/c1-14-4-8-16(9-5-14)18(22(3,19)20)13-12-15-6-10-17(21-2)11-7-15/h4-11H,1-3H3. The van der Waals surface area contributed by atoms with Crippen LogP contribution in [0.3, 0.4) is 0 Å². The third-order valence-corrected chi connectivity index (χ3v) is 3.96. The summed E-state index contributed by atoms with van der Waals surface area (Å²) in [4.78, 5) is 0. The average molecular weight is 315 g/mol. The van der Waals surface area contributed by atoms with Crippen molar-refractivity contribution >= 4 is 15.7 Å².